The van der Waals surface area contributed by atoms with Crippen molar-refractivity contribution in [2.75, 3.05) is 7.11 Å². The van der Waals surface area contributed by atoms with Crippen molar-refractivity contribution in [2.45, 2.75) is 31.9 Å². The number of carbonyl (C=O) groups excluding carboxylic acids is 2. The first-order valence-electron chi connectivity index (χ1n) is 9.73. The molecule has 0 radical (unpaired) electrons. The van der Waals surface area contributed by atoms with E-state index in [1.54, 1.807) is 24.4 Å². The number of aromatic amines is 1. The molecule has 0 aliphatic heterocycles. The highest BCUT2D eigenvalue weighted by Gasteiger charge is 2.31. The van der Waals surface area contributed by atoms with Crippen molar-refractivity contribution >= 4 is 11.8 Å². The van der Waals surface area contributed by atoms with E-state index in [1.807, 2.05) is 6.07 Å². The molecular weight excluding hydrogens is 428 g/mol. The first kappa shape index (κ1) is 23.2. The zero-order valence-corrected chi connectivity index (χ0v) is 17.1. The van der Waals surface area contributed by atoms with Crippen LogP contribution in [0.1, 0.15) is 38.3 Å². The minimum absolute atomic E-state index is 0.0390. The van der Waals surface area contributed by atoms with Crippen molar-refractivity contribution in [3.63, 3.8) is 0 Å². The Morgan fingerprint density at radius 3 is 2.47 bits per heavy atom. The number of nitrogens with one attached hydrogen (secondary N) is 1. The molecule has 0 aliphatic carbocycles. The second-order valence-electron chi connectivity index (χ2n) is 7.28. The lowest BCUT2D eigenvalue weighted by Gasteiger charge is -2.10. The molecule has 9 heteroatoms. The number of methoxy groups -OCH3 is 1. The number of hydrogen-bond acceptors (Lipinski definition) is 4. The third-order valence-electron chi connectivity index (χ3n) is 4.94. The second-order valence-corrected chi connectivity index (χ2v) is 7.28. The summed E-state index contributed by atoms with van der Waals surface area (Å²) < 4.78 is 57.2. The predicted molar refractivity (Wildman–Crippen MR) is 108 cm³/mol. The zero-order chi connectivity index (χ0) is 23.3. The Hall–Kier alpha value is -3.49. The van der Waals surface area contributed by atoms with E-state index in [-0.39, 0.29) is 17.7 Å². The van der Waals surface area contributed by atoms with E-state index in [9.17, 15) is 27.2 Å². The van der Waals surface area contributed by atoms with Crippen molar-refractivity contribution in [1.29, 1.82) is 0 Å². The molecule has 3 aromatic rings. The lowest BCUT2D eigenvalue weighted by atomic mass is 9.98. The van der Waals surface area contributed by atoms with Crippen LogP contribution in [0, 0.1) is 5.82 Å². The molecule has 3 rings (SSSR count). The monoisotopic (exact) mass is 448 g/mol. The lowest BCUT2D eigenvalue weighted by molar-refractivity contribution is -0.137. The van der Waals surface area contributed by atoms with Gasteiger partial charge in [-0.25, -0.2) is 9.18 Å². The molecule has 0 saturated heterocycles. The standard InChI is InChI=1S/C23H20F4N2O3/c1-32-22(31)21-16(13-28-29-21)6-5-14-3-2-4-15(9-14)10-19(30)12-17-11-18(23(25,26)27)7-8-20(17)24/h2-4,7-9,11,13H,5-6,10,12H2,1H3,(H,28,29). The minimum Gasteiger partial charge on any atom is -0.464 e. The van der Waals surface area contributed by atoms with Gasteiger partial charge in [0.05, 0.1) is 18.9 Å². The van der Waals surface area contributed by atoms with Gasteiger partial charge in [0.2, 0.25) is 0 Å². The van der Waals surface area contributed by atoms with Crippen LogP contribution >= 0.6 is 0 Å². The predicted octanol–water partition coefficient (Wildman–Crippen LogP) is 4.49. The van der Waals surface area contributed by atoms with Gasteiger partial charge >= 0.3 is 12.1 Å². The van der Waals surface area contributed by atoms with Crippen LogP contribution in [-0.4, -0.2) is 29.1 Å². The molecule has 0 amide bonds. The average Bonchev–Trinajstić information content (AvgIpc) is 3.21. The number of Topliss-reactive ketones (excluding diaryl/α,β-unsaturated/α-hetero) is 1. The normalized spacial score (nSPS) is 11.4. The smallest absolute Gasteiger partial charge is 0.416 e. The first-order chi connectivity index (χ1) is 15.2. The van der Waals surface area contributed by atoms with Gasteiger partial charge in [0.1, 0.15) is 17.3 Å². The Balaban J connectivity index is 1.64. The Morgan fingerprint density at radius 2 is 1.75 bits per heavy atom. The number of ketones is 1. The molecular formula is C23H20F4N2O3. The van der Waals surface area contributed by atoms with E-state index in [1.165, 1.54) is 7.11 Å². The quantitative estimate of drug-likeness (QED) is 0.407. The van der Waals surface area contributed by atoms with Gasteiger partial charge in [0.15, 0.2) is 0 Å². The van der Waals surface area contributed by atoms with Crippen molar-refractivity contribution in [1.82, 2.24) is 10.2 Å². The van der Waals surface area contributed by atoms with Crippen molar-refractivity contribution in [3.8, 4) is 0 Å². The van der Waals surface area contributed by atoms with E-state index in [4.69, 9.17) is 4.74 Å². The number of esters is 1. The highest BCUT2D eigenvalue weighted by atomic mass is 19.4. The van der Waals surface area contributed by atoms with Crippen LogP contribution in [0.3, 0.4) is 0 Å². The summed E-state index contributed by atoms with van der Waals surface area (Å²) in [5.74, 6) is -1.76. The summed E-state index contributed by atoms with van der Waals surface area (Å²) in [6.07, 6.45) is -2.46. The van der Waals surface area contributed by atoms with E-state index < -0.39 is 35.7 Å². The van der Waals surface area contributed by atoms with Crippen LogP contribution in [0.5, 0.6) is 0 Å². The summed E-state index contributed by atoms with van der Waals surface area (Å²) in [4.78, 5) is 24.1. The van der Waals surface area contributed by atoms with Crippen molar-refractivity contribution < 1.29 is 31.9 Å². The van der Waals surface area contributed by atoms with Gasteiger partial charge in [-0.05, 0) is 47.7 Å². The molecule has 0 spiro atoms. The molecule has 1 N–H and O–H groups in total. The number of hydrogen-bond donors (Lipinski definition) is 1. The highest BCUT2D eigenvalue weighted by molar-refractivity contribution is 5.88. The van der Waals surface area contributed by atoms with Gasteiger partial charge in [-0.15, -0.1) is 0 Å². The number of rotatable bonds is 8. The summed E-state index contributed by atoms with van der Waals surface area (Å²) in [5, 5.41) is 6.46. The van der Waals surface area contributed by atoms with Crippen LogP contribution in [0.15, 0.2) is 48.7 Å². The number of halogens is 4. The largest absolute Gasteiger partial charge is 0.464 e. The van der Waals surface area contributed by atoms with E-state index >= 15 is 0 Å². The molecule has 5 nitrogen and oxygen atoms in total. The summed E-state index contributed by atoms with van der Waals surface area (Å²) >= 11 is 0. The number of nitrogens with zero attached hydrogens (tertiary/aromatic N) is 1. The van der Waals surface area contributed by atoms with Crippen LogP contribution in [0.4, 0.5) is 17.6 Å². The Labute approximate surface area is 181 Å². The molecule has 2 aromatic carbocycles. The Morgan fingerprint density at radius 1 is 1.00 bits per heavy atom. The highest BCUT2D eigenvalue weighted by Crippen LogP contribution is 2.30. The second kappa shape index (κ2) is 9.76. The summed E-state index contributed by atoms with van der Waals surface area (Å²) in [7, 11) is 1.28. The number of ether oxygens (including phenoxy) is 1. The lowest BCUT2D eigenvalue weighted by Crippen LogP contribution is -2.11. The first-order valence-corrected chi connectivity index (χ1v) is 9.73. The van der Waals surface area contributed by atoms with Gasteiger partial charge < -0.3 is 4.74 Å². The molecule has 0 saturated carbocycles. The van der Waals surface area contributed by atoms with Gasteiger partial charge in [0, 0.05) is 18.4 Å². The fourth-order valence-electron chi connectivity index (χ4n) is 3.34. The third-order valence-corrected chi connectivity index (χ3v) is 4.94. The fraction of sp³-hybridized carbons (Fsp3) is 0.261. The Kier molecular flexibility index (Phi) is 7.07. The average molecular weight is 448 g/mol. The van der Waals surface area contributed by atoms with Gasteiger partial charge in [0.25, 0.3) is 0 Å². The fourth-order valence-corrected chi connectivity index (χ4v) is 3.34. The number of aromatic nitrogens is 2. The molecule has 0 aliphatic rings. The molecule has 32 heavy (non-hydrogen) atoms. The van der Waals surface area contributed by atoms with E-state index in [2.05, 4.69) is 10.2 Å². The number of H-pyrrole nitrogens is 1. The number of alkyl halides is 3. The summed E-state index contributed by atoms with van der Waals surface area (Å²) in [6.45, 7) is 0. The molecule has 1 heterocycles. The number of carbonyl (C=O) groups is 2. The third kappa shape index (κ3) is 5.81. The maximum Gasteiger partial charge on any atom is 0.416 e. The molecule has 0 bridgehead atoms. The summed E-state index contributed by atoms with van der Waals surface area (Å²) in [6, 6.07) is 9.20. The molecule has 0 unspecified atom stereocenters. The zero-order valence-electron chi connectivity index (χ0n) is 17.1. The van der Waals surface area contributed by atoms with Gasteiger partial charge in [-0.2, -0.15) is 18.3 Å². The number of aryl methyl sites for hydroxylation is 2. The van der Waals surface area contributed by atoms with Gasteiger partial charge in [-0.1, -0.05) is 24.3 Å². The maximum absolute atomic E-state index is 13.9. The van der Waals surface area contributed by atoms with Gasteiger partial charge in [-0.3, -0.25) is 9.89 Å². The van der Waals surface area contributed by atoms with Crippen LogP contribution in [0.2, 0.25) is 0 Å². The maximum atomic E-state index is 13.9. The minimum atomic E-state index is -4.61. The van der Waals surface area contributed by atoms with E-state index in [0.717, 1.165) is 11.6 Å². The van der Waals surface area contributed by atoms with Crippen LogP contribution < -0.4 is 0 Å². The molecule has 1 aromatic heterocycles. The van der Waals surface area contributed by atoms with Crippen molar-refractivity contribution in [3.05, 3.63) is 88.0 Å². The molecule has 0 atom stereocenters. The molecule has 0 fully saturated rings. The van der Waals surface area contributed by atoms with E-state index in [0.29, 0.717) is 36.1 Å². The molecule has 168 valence electrons. The van der Waals surface area contributed by atoms with Crippen LogP contribution in [-0.2, 0) is 41.4 Å². The van der Waals surface area contributed by atoms with Crippen LogP contribution in [0.25, 0.3) is 0 Å². The SMILES string of the molecule is COC(=O)c1[nH]ncc1CCc1cccc(CC(=O)Cc2cc(C(F)(F)F)ccc2F)c1. The Bertz CT molecular complexity index is 1120. The number of benzene rings is 2. The summed E-state index contributed by atoms with van der Waals surface area (Å²) in [5.41, 5.74) is 1.27. The topological polar surface area (TPSA) is 72.1 Å². The van der Waals surface area contributed by atoms with Crippen molar-refractivity contribution in [2.24, 2.45) is 0 Å².